The van der Waals surface area contributed by atoms with Gasteiger partial charge in [-0.1, -0.05) is 6.92 Å². The first-order valence-corrected chi connectivity index (χ1v) is 9.18. The molecule has 124 valence electrons. The molecular weight excluding hydrogens is 322 g/mol. The summed E-state index contributed by atoms with van der Waals surface area (Å²) in [4.78, 5) is 7.45. The third-order valence-electron chi connectivity index (χ3n) is 5.00. The van der Waals surface area contributed by atoms with Gasteiger partial charge < -0.3 is 15.2 Å². The number of ether oxygens (including phenoxy) is 2. The first-order chi connectivity index (χ1) is 11.7. The minimum atomic E-state index is 0.284. The topological polar surface area (TPSA) is 61.8 Å². The summed E-state index contributed by atoms with van der Waals surface area (Å²) < 4.78 is 13.2. The number of aryl methyl sites for hydroxylation is 1. The van der Waals surface area contributed by atoms with Gasteiger partial charge >= 0.3 is 0 Å². The van der Waals surface area contributed by atoms with Crippen molar-refractivity contribution >= 4 is 16.3 Å². The lowest BCUT2D eigenvalue weighted by molar-refractivity contribution is 0.174. The van der Waals surface area contributed by atoms with Crippen LogP contribution in [0.25, 0.3) is 16.2 Å². The Morgan fingerprint density at radius 3 is 3.08 bits per heavy atom. The van der Waals surface area contributed by atoms with Gasteiger partial charge in [0.15, 0.2) is 16.5 Å². The first kappa shape index (κ1) is 14.3. The first-order valence-electron chi connectivity index (χ1n) is 8.36. The van der Waals surface area contributed by atoms with E-state index < -0.39 is 0 Å². The average Bonchev–Trinajstić information content (AvgIpc) is 3.25. The van der Waals surface area contributed by atoms with Gasteiger partial charge in [0.1, 0.15) is 0 Å². The van der Waals surface area contributed by atoms with Crippen LogP contribution in [0.1, 0.15) is 29.6 Å². The van der Waals surface area contributed by atoms with E-state index in [-0.39, 0.29) is 6.79 Å². The van der Waals surface area contributed by atoms with Gasteiger partial charge in [0.05, 0.1) is 11.4 Å². The second-order valence-corrected chi connectivity index (χ2v) is 7.68. The van der Waals surface area contributed by atoms with E-state index in [1.807, 2.05) is 29.5 Å². The van der Waals surface area contributed by atoms with Crippen molar-refractivity contribution < 1.29 is 9.47 Å². The summed E-state index contributed by atoms with van der Waals surface area (Å²) in [6.07, 6.45) is 3.51. The van der Waals surface area contributed by atoms with Crippen LogP contribution in [0.4, 0.5) is 0 Å². The maximum Gasteiger partial charge on any atom is 0.231 e. The predicted molar refractivity (Wildman–Crippen MR) is 93.7 cm³/mol. The van der Waals surface area contributed by atoms with Crippen LogP contribution >= 0.6 is 11.3 Å². The molecule has 0 amide bonds. The Morgan fingerprint density at radius 2 is 2.21 bits per heavy atom. The highest BCUT2D eigenvalue weighted by Gasteiger charge is 2.25. The lowest BCUT2D eigenvalue weighted by atomic mass is 9.93. The van der Waals surface area contributed by atoms with Crippen LogP contribution in [-0.2, 0) is 19.4 Å². The summed E-state index contributed by atoms with van der Waals surface area (Å²) in [5.74, 6) is 2.33. The lowest BCUT2D eigenvalue weighted by Gasteiger charge is -2.18. The van der Waals surface area contributed by atoms with Gasteiger partial charge in [-0.25, -0.2) is 4.98 Å². The van der Waals surface area contributed by atoms with Gasteiger partial charge in [-0.15, -0.1) is 11.3 Å². The van der Waals surface area contributed by atoms with Crippen LogP contribution < -0.4 is 15.2 Å². The predicted octanol–water partition coefficient (Wildman–Crippen LogP) is 3.38. The van der Waals surface area contributed by atoms with Crippen molar-refractivity contribution in [3.63, 3.8) is 0 Å². The molecule has 0 saturated heterocycles. The molecule has 1 aromatic carbocycles. The number of nitrogens with two attached hydrogens (primary N) is 1. The van der Waals surface area contributed by atoms with Gasteiger partial charge in [-0.05, 0) is 43.4 Å². The molecule has 5 rings (SSSR count). The van der Waals surface area contributed by atoms with Crippen LogP contribution in [-0.4, -0.2) is 16.2 Å². The van der Waals surface area contributed by atoms with Gasteiger partial charge in [0.2, 0.25) is 6.79 Å². The van der Waals surface area contributed by atoms with E-state index in [4.69, 9.17) is 20.2 Å². The number of thiazole rings is 1. The molecule has 1 unspecified atom stereocenters. The van der Waals surface area contributed by atoms with Crippen LogP contribution in [0.3, 0.4) is 0 Å². The van der Waals surface area contributed by atoms with Crippen molar-refractivity contribution in [2.24, 2.45) is 11.7 Å². The normalized spacial score (nSPS) is 19.0. The summed E-state index contributed by atoms with van der Waals surface area (Å²) in [6, 6.07) is 5.98. The van der Waals surface area contributed by atoms with Crippen LogP contribution in [0.2, 0.25) is 0 Å². The quantitative estimate of drug-likeness (QED) is 0.776. The molecule has 5 nitrogen and oxygen atoms in total. The maximum atomic E-state index is 6.12. The van der Waals surface area contributed by atoms with Crippen LogP contribution in [0.15, 0.2) is 18.2 Å². The summed E-state index contributed by atoms with van der Waals surface area (Å²) in [6.45, 7) is 3.09. The highest BCUT2D eigenvalue weighted by atomic mass is 32.1. The standard InChI is InChI=1S/C18H19N3O2S/c1-10-2-4-12-16(6-10)24-18-20-17(13(8-19)21(12)18)11-3-5-14-15(7-11)23-9-22-14/h3,5,7,10H,2,4,6,8-9,19H2,1H3. The van der Waals surface area contributed by atoms with E-state index in [2.05, 4.69) is 11.3 Å². The molecule has 0 bridgehead atoms. The molecule has 3 aromatic rings. The number of rotatable bonds is 2. The third-order valence-corrected chi connectivity index (χ3v) is 6.10. The molecular formula is C18H19N3O2S. The lowest BCUT2D eigenvalue weighted by Crippen LogP contribution is -2.13. The zero-order valence-corrected chi connectivity index (χ0v) is 14.4. The molecule has 2 N–H and O–H groups in total. The van der Waals surface area contributed by atoms with E-state index >= 15 is 0 Å². The average molecular weight is 341 g/mol. The fraction of sp³-hybridized carbons (Fsp3) is 0.389. The number of aromatic nitrogens is 2. The smallest absolute Gasteiger partial charge is 0.231 e. The number of hydrogen-bond donors (Lipinski definition) is 1. The minimum Gasteiger partial charge on any atom is -0.454 e. The largest absolute Gasteiger partial charge is 0.454 e. The van der Waals surface area contributed by atoms with Crippen molar-refractivity contribution in [3.8, 4) is 22.8 Å². The monoisotopic (exact) mass is 341 g/mol. The number of fused-ring (bicyclic) bond motifs is 4. The number of hydrogen-bond acceptors (Lipinski definition) is 5. The highest BCUT2D eigenvalue weighted by molar-refractivity contribution is 7.17. The van der Waals surface area contributed by atoms with E-state index in [0.717, 1.165) is 52.2 Å². The zero-order chi connectivity index (χ0) is 16.3. The second-order valence-electron chi connectivity index (χ2n) is 6.62. The fourth-order valence-electron chi connectivity index (χ4n) is 3.75. The van der Waals surface area contributed by atoms with Crippen molar-refractivity contribution in [1.29, 1.82) is 0 Å². The van der Waals surface area contributed by atoms with Crippen molar-refractivity contribution in [2.75, 3.05) is 6.79 Å². The molecule has 0 spiro atoms. The van der Waals surface area contributed by atoms with Gasteiger partial charge in [-0.3, -0.25) is 4.40 Å². The molecule has 1 aliphatic heterocycles. The molecule has 1 atom stereocenters. The van der Waals surface area contributed by atoms with E-state index in [1.165, 1.54) is 17.0 Å². The van der Waals surface area contributed by atoms with Gasteiger partial charge in [-0.2, -0.15) is 0 Å². The molecule has 1 aliphatic carbocycles. The number of nitrogens with zero attached hydrogens (tertiary/aromatic N) is 2. The molecule has 6 heteroatoms. The molecule has 2 aliphatic rings. The fourth-order valence-corrected chi connectivity index (χ4v) is 5.10. The maximum absolute atomic E-state index is 6.12. The summed E-state index contributed by atoms with van der Waals surface area (Å²) >= 11 is 1.81. The van der Waals surface area contributed by atoms with Crippen LogP contribution in [0.5, 0.6) is 11.5 Å². The minimum absolute atomic E-state index is 0.284. The van der Waals surface area contributed by atoms with Gasteiger partial charge in [0.25, 0.3) is 0 Å². The second kappa shape index (κ2) is 5.22. The molecule has 0 saturated carbocycles. The Labute approximate surface area is 144 Å². The molecule has 0 fully saturated rings. The Kier molecular flexibility index (Phi) is 3.11. The Morgan fingerprint density at radius 1 is 1.33 bits per heavy atom. The van der Waals surface area contributed by atoms with Crippen LogP contribution in [0, 0.1) is 5.92 Å². The van der Waals surface area contributed by atoms with Crippen molar-refractivity contribution in [2.45, 2.75) is 32.7 Å². The Hall–Kier alpha value is -2.05. The number of benzene rings is 1. The molecule has 0 radical (unpaired) electrons. The number of imidazole rings is 1. The van der Waals surface area contributed by atoms with E-state index in [1.54, 1.807) is 0 Å². The van der Waals surface area contributed by atoms with Crippen molar-refractivity contribution in [1.82, 2.24) is 9.38 Å². The van der Waals surface area contributed by atoms with Crippen molar-refractivity contribution in [3.05, 3.63) is 34.5 Å². The summed E-state index contributed by atoms with van der Waals surface area (Å²) in [5.41, 5.74) is 10.6. The van der Waals surface area contributed by atoms with E-state index in [0.29, 0.717) is 6.54 Å². The third kappa shape index (κ3) is 1.99. The Bertz CT molecular complexity index is 944. The summed E-state index contributed by atoms with van der Waals surface area (Å²) in [7, 11) is 0. The van der Waals surface area contributed by atoms with Gasteiger partial charge in [0, 0.05) is 22.7 Å². The highest BCUT2D eigenvalue weighted by Crippen LogP contribution is 2.39. The van der Waals surface area contributed by atoms with E-state index in [9.17, 15) is 0 Å². The molecule has 2 aromatic heterocycles. The molecule has 24 heavy (non-hydrogen) atoms. The summed E-state index contributed by atoms with van der Waals surface area (Å²) in [5, 5.41) is 0. The SMILES string of the molecule is CC1CCc2c(sc3nc(-c4ccc5c(c4)OCO5)c(CN)n23)C1. The molecule has 3 heterocycles. The zero-order valence-electron chi connectivity index (χ0n) is 13.5. The Balaban J connectivity index is 1.68.